The van der Waals surface area contributed by atoms with Crippen molar-refractivity contribution in [1.29, 1.82) is 5.26 Å². The molecule has 0 heterocycles. The molecule has 1 amide bonds. The maximum Gasteiger partial charge on any atom is 0.258 e. The minimum absolute atomic E-state index is 0.162. The number of nitriles is 1. The molecule has 0 aromatic heterocycles. The third kappa shape index (κ3) is 3.40. The Labute approximate surface area is 123 Å². The normalized spacial score (nSPS) is 9.90. The second-order valence-electron chi connectivity index (χ2n) is 4.70. The largest absolute Gasteiger partial charge is 0.508 e. The molecule has 0 aliphatic heterocycles. The van der Waals surface area contributed by atoms with E-state index < -0.39 is 0 Å². The van der Waals surface area contributed by atoms with Crippen LogP contribution in [0, 0.1) is 18.3 Å². The van der Waals surface area contributed by atoms with Crippen LogP contribution in [-0.2, 0) is 0 Å². The van der Waals surface area contributed by atoms with E-state index in [9.17, 15) is 9.90 Å². The minimum Gasteiger partial charge on any atom is -0.508 e. The number of amides is 1. The number of aromatic hydroxyl groups is 1. The first-order chi connectivity index (χ1) is 10.1. The molecule has 2 rings (SSSR count). The molecule has 0 saturated heterocycles. The van der Waals surface area contributed by atoms with Gasteiger partial charge in [-0.3, -0.25) is 4.79 Å². The van der Waals surface area contributed by atoms with Gasteiger partial charge in [-0.2, -0.15) is 5.26 Å². The molecule has 0 atom stereocenters. The van der Waals surface area contributed by atoms with E-state index in [0.29, 0.717) is 17.7 Å². The van der Waals surface area contributed by atoms with Crippen molar-refractivity contribution in [3.8, 4) is 11.8 Å². The van der Waals surface area contributed by atoms with Crippen LogP contribution in [0.3, 0.4) is 0 Å². The molecule has 0 unspecified atom stereocenters. The summed E-state index contributed by atoms with van der Waals surface area (Å²) >= 11 is 0. The standard InChI is InChI=1S/C17H16N2O2/c1-13-12-14(8-9-16(13)20)17(21)19(11-5-10-18)15-6-3-2-4-7-15/h2-4,6-9,12,20H,5,11H2,1H3. The fraction of sp³-hybridized carbons (Fsp3) is 0.176. The highest BCUT2D eigenvalue weighted by molar-refractivity contribution is 6.06. The average Bonchev–Trinajstić information content (AvgIpc) is 2.51. The molecule has 106 valence electrons. The SMILES string of the molecule is Cc1cc(C(=O)N(CCC#N)c2ccccc2)ccc1O. The lowest BCUT2D eigenvalue weighted by Gasteiger charge is -2.22. The molecule has 0 aliphatic rings. The summed E-state index contributed by atoms with van der Waals surface area (Å²) in [6, 6.07) is 16.1. The average molecular weight is 280 g/mol. The Hall–Kier alpha value is -2.80. The summed E-state index contributed by atoms with van der Waals surface area (Å²) in [5.74, 6) is -0.0191. The van der Waals surface area contributed by atoms with E-state index in [-0.39, 0.29) is 18.1 Å². The van der Waals surface area contributed by atoms with Gasteiger partial charge in [-0.25, -0.2) is 0 Å². The lowest BCUT2D eigenvalue weighted by molar-refractivity contribution is 0.0987. The van der Waals surface area contributed by atoms with E-state index in [1.54, 1.807) is 24.0 Å². The smallest absolute Gasteiger partial charge is 0.258 e. The van der Waals surface area contributed by atoms with E-state index in [0.717, 1.165) is 5.69 Å². The van der Waals surface area contributed by atoms with Gasteiger partial charge < -0.3 is 10.0 Å². The molecule has 4 heteroatoms. The predicted molar refractivity (Wildman–Crippen MR) is 81.2 cm³/mol. The molecule has 0 bridgehead atoms. The van der Waals surface area contributed by atoms with Crippen LogP contribution in [0.25, 0.3) is 0 Å². The van der Waals surface area contributed by atoms with Crippen molar-refractivity contribution < 1.29 is 9.90 Å². The third-order valence-corrected chi connectivity index (χ3v) is 3.20. The number of carbonyl (C=O) groups excluding carboxylic acids is 1. The maximum atomic E-state index is 12.6. The summed E-state index contributed by atoms with van der Waals surface area (Å²) in [6.45, 7) is 2.08. The highest BCUT2D eigenvalue weighted by atomic mass is 16.3. The fourth-order valence-corrected chi connectivity index (χ4v) is 2.06. The number of carbonyl (C=O) groups is 1. The van der Waals surface area contributed by atoms with E-state index in [1.165, 1.54) is 6.07 Å². The van der Waals surface area contributed by atoms with Gasteiger partial charge in [0.25, 0.3) is 5.91 Å². The van der Waals surface area contributed by atoms with Gasteiger partial charge in [-0.05, 0) is 42.8 Å². The summed E-state index contributed by atoms with van der Waals surface area (Å²) in [5, 5.41) is 18.3. The van der Waals surface area contributed by atoms with Gasteiger partial charge in [-0.15, -0.1) is 0 Å². The number of hydrogen-bond donors (Lipinski definition) is 1. The molecule has 21 heavy (non-hydrogen) atoms. The Bertz CT molecular complexity index is 675. The second-order valence-corrected chi connectivity index (χ2v) is 4.70. The molecular formula is C17H16N2O2. The van der Waals surface area contributed by atoms with Crippen LogP contribution in [0.1, 0.15) is 22.3 Å². The summed E-state index contributed by atoms with van der Waals surface area (Å²) in [6.07, 6.45) is 0.262. The van der Waals surface area contributed by atoms with Crippen molar-refractivity contribution in [2.75, 3.05) is 11.4 Å². The maximum absolute atomic E-state index is 12.6. The molecule has 0 radical (unpaired) electrons. The lowest BCUT2D eigenvalue weighted by Crippen LogP contribution is -2.31. The van der Waals surface area contributed by atoms with E-state index >= 15 is 0 Å². The van der Waals surface area contributed by atoms with Crippen LogP contribution in [0.15, 0.2) is 48.5 Å². The first-order valence-corrected chi connectivity index (χ1v) is 6.67. The predicted octanol–water partition coefficient (Wildman–Crippen LogP) is 3.26. The van der Waals surface area contributed by atoms with Crippen molar-refractivity contribution in [3.05, 3.63) is 59.7 Å². The topological polar surface area (TPSA) is 64.3 Å². The number of aryl methyl sites for hydroxylation is 1. The first-order valence-electron chi connectivity index (χ1n) is 6.67. The molecule has 0 spiro atoms. The number of phenolic OH excluding ortho intramolecular Hbond substituents is 1. The molecule has 0 saturated carbocycles. The number of nitrogens with zero attached hydrogens (tertiary/aromatic N) is 2. The molecule has 2 aromatic carbocycles. The number of benzene rings is 2. The molecule has 0 aliphatic carbocycles. The van der Waals surface area contributed by atoms with Crippen molar-refractivity contribution in [2.24, 2.45) is 0 Å². The van der Waals surface area contributed by atoms with Crippen LogP contribution in [0.2, 0.25) is 0 Å². The Morgan fingerprint density at radius 1 is 1.24 bits per heavy atom. The van der Waals surface area contributed by atoms with Gasteiger partial charge in [0.1, 0.15) is 5.75 Å². The van der Waals surface area contributed by atoms with Gasteiger partial charge in [0, 0.05) is 17.8 Å². The quantitative estimate of drug-likeness (QED) is 0.934. The van der Waals surface area contributed by atoms with Crippen LogP contribution in [0.4, 0.5) is 5.69 Å². The van der Waals surface area contributed by atoms with Crippen molar-refractivity contribution in [2.45, 2.75) is 13.3 Å². The van der Waals surface area contributed by atoms with Crippen LogP contribution in [0.5, 0.6) is 5.75 Å². The van der Waals surface area contributed by atoms with Gasteiger partial charge >= 0.3 is 0 Å². The molecule has 2 aromatic rings. The van der Waals surface area contributed by atoms with Crippen LogP contribution in [-0.4, -0.2) is 17.6 Å². The first kappa shape index (κ1) is 14.6. The summed E-state index contributed by atoms with van der Waals surface area (Å²) < 4.78 is 0. The zero-order chi connectivity index (χ0) is 15.2. The van der Waals surface area contributed by atoms with E-state index in [1.807, 2.05) is 30.3 Å². The minimum atomic E-state index is -0.181. The lowest BCUT2D eigenvalue weighted by atomic mass is 10.1. The number of anilines is 1. The second kappa shape index (κ2) is 6.58. The zero-order valence-electron chi connectivity index (χ0n) is 11.8. The number of rotatable bonds is 4. The fourth-order valence-electron chi connectivity index (χ4n) is 2.06. The van der Waals surface area contributed by atoms with Gasteiger partial charge in [0.2, 0.25) is 0 Å². The van der Waals surface area contributed by atoms with E-state index in [4.69, 9.17) is 5.26 Å². The Kier molecular flexibility index (Phi) is 4.57. The van der Waals surface area contributed by atoms with Crippen molar-refractivity contribution in [3.63, 3.8) is 0 Å². The van der Waals surface area contributed by atoms with Gasteiger partial charge in [0.15, 0.2) is 0 Å². The number of hydrogen-bond acceptors (Lipinski definition) is 3. The van der Waals surface area contributed by atoms with Crippen molar-refractivity contribution >= 4 is 11.6 Å². The highest BCUT2D eigenvalue weighted by Crippen LogP contribution is 2.21. The van der Waals surface area contributed by atoms with Crippen molar-refractivity contribution in [1.82, 2.24) is 0 Å². The van der Waals surface area contributed by atoms with Crippen LogP contribution < -0.4 is 4.90 Å². The Morgan fingerprint density at radius 2 is 1.95 bits per heavy atom. The summed E-state index contributed by atoms with van der Waals surface area (Å²) in [7, 11) is 0. The molecule has 4 nitrogen and oxygen atoms in total. The van der Waals surface area contributed by atoms with Gasteiger partial charge in [0.05, 0.1) is 12.5 Å². The summed E-state index contributed by atoms with van der Waals surface area (Å²) in [4.78, 5) is 14.2. The Balaban J connectivity index is 2.34. The van der Waals surface area contributed by atoms with Crippen LogP contribution >= 0.6 is 0 Å². The third-order valence-electron chi connectivity index (χ3n) is 3.20. The van der Waals surface area contributed by atoms with Gasteiger partial charge in [-0.1, -0.05) is 18.2 Å². The molecule has 0 fully saturated rings. The molecular weight excluding hydrogens is 264 g/mol. The highest BCUT2D eigenvalue weighted by Gasteiger charge is 2.17. The monoisotopic (exact) mass is 280 g/mol. The molecule has 1 N–H and O–H groups in total. The number of phenols is 1. The zero-order valence-corrected chi connectivity index (χ0v) is 11.8. The summed E-state index contributed by atoms with van der Waals surface area (Å²) in [5.41, 5.74) is 1.89. The number of para-hydroxylation sites is 1. The Morgan fingerprint density at radius 3 is 2.57 bits per heavy atom. The van der Waals surface area contributed by atoms with E-state index in [2.05, 4.69) is 6.07 Å².